The second-order valence-corrected chi connectivity index (χ2v) is 11.7. The third-order valence-corrected chi connectivity index (χ3v) is 8.15. The first-order valence-corrected chi connectivity index (χ1v) is 15.9. The van der Waals surface area contributed by atoms with Crippen LogP contribution in [-0.2, 0) is 20.8 Å². The minimum absolute atomic E-state index is 0.0433. The van der Waals surface area contributed by atoms with Crippen molar-refractivity contribution >= 4 is 68.6 Å². The van der Waals surface area contributed by atoms with Gasteiger partial charge in [0.05, 0.1) is 63.0 Å². The number of hydrogen-bond acceptors (Lipinski definition) is 8. The Morgan fingerprint density at radius 3 is 2.36 bits per heavy atom. The molecule has 244 valence electrons. The fourth-order valence-corrected chi connectivity index (χ4v) is 5.66. The lowest BCUT2D eigenvalue weighted by Crippen LogP contribution is -2.35. The molecule has 2 unspecified atom stereocenters. The maximum Gasteiger partial charge on any atom is 0.338 e. The number of esters is 1. The van der Waals surface area contributed by atoms with Crippen molar-refractivity contribution in [3.63, 3.8) is 0 Å². The number of nitrogens with one attached hydrogen (secondary N) is 2. The van der Waals surface area contributed by atoms with Gasteiger partial charge in [-0.15, -0.1) is 0 Å². The maximum absolute atomic E-state index is 14.4. The normalized spacial score (nSPS) is 12.4. The molecule has 5 rings (SSSR count). The summed E-state index contributed by atoms with van der Waals surface area (Å²) in [6.45, 7) is 5.37. The quantitative estimate of drug-likeness (QED) is 0.127. The molecule has 3 aromatic carbocycles. The Bertz CT molecular complexity index is 2100. The van der Waals surface area contributed by atoms with E-state index in [0.717, 1.165) is 0 Å². The minimum Gasteiger partial charge on any atom is -0.495 e. The smallest absolute Gasteiger partial charge is 0.338 e. The van der Waals surface area contributed by atoms with Crippen LogP contribution in [0.15, 0.2) is 65.5 Å². The average molecular weight is 700 g/mol. The van der Waals surface area contributed by atoms with Crippen molar-refractivity contribution in [1.82, 2.24) is 19.3 Å². The van der Waals surface area contributed by atoms with E-state index in [1.165, 1.54) is 71.0 Å². The Kier molecular flexibility index (Phi) is 9.96. The van der Waals surface area contributed by atoms with E-state index in [4.69, 9.17) is 37.7 Å². The highest BCUT2D eigenvalue weighted by atomic mass is 35.5. The van der Waals surface area contributed by atoms with E-state index in [9.17, 15) is 23.1 Å². The number of halogens is 2. The third kappa shape index (κ3) is 7.00. The zero-order chi connectivity index (χ0) is 34.0. The second-order valence-electron chi connectivity index (χ2n) is 10.2. The summed E-state index contributed by atoms with van der Waals surface area (Å²) in [6.07, 6.45) is 0. The van der Waals surface area contributed by atoms with E-state index in [-0.39, 0.29) is 61.8 Å². The van der Waals surface area contributed by atoms with Crippen LogP contribution in [0, 0.1) is 13.8 Å². The average Bonchev–Trinajstić information content (AvgIpc) is 3.35. The number of carbonyl (C=O) groups excluding carboxylic acids is 2. The van der Waals surface area contributed by atoms with Gasteiger partial charge in [0.25, 0.3) is 22.7 Å². The number of rotatable bonds is 10. The Balaban J connectivity index is 1.76. The van der Waals surface area contributed by atoms with Crippen LogP contribution in [0.4, 0.5) is 11.4 Å². The number of nitrogens with zero attached hydrogens (tertiary/aromatic N) is 4. The summed E-state index contributed by atoms with van der Waals surface area (Å²) in [7, 11) is 1.40. The zero-order valence-corrected chi connectivity index (χ0v) is 27.7. The van der Waals surface area contributed by atoms with Gasteiger partial charge in [0.15, 0.2) is 11.9 Å². The maximum atomic E-state index is 14.4. The Labute approximate surface area is 280 Å². The molecule has 47 heavy (non-hydrogen) atoms. The van der Waals surface area contributed by atoms with Crippen molar-refractivity contribution in [3.8, 4) is 11.4 Å². The molecule has 2 atom stereocenters. The molecule has 0 aliphatic carbocycles. The number of aromatic nitrogens is 4. The molecular weight excluding hydrogens is 671 g/mol. The van der Waals surface area contributed by atoms with Crippen LogP contribution in [0.5, 0.6) is 5.75 Å². The highest BCUT2D eigenvalue weighted by molar-refractivity contribution is 7.80. The number of carbonyl (C=O) groups is 2. The third-order valence-electron chi connectivity index (χ3n) is 7.02. The molecule has 0 fully saturated rings. The molecular formula is C31H28Cl2N6O7S. The van der Waals surface area contributed by atoms with Crippen LogP contribution in [-0.4, -0.2) is 53.7 Å². The van der Waals surface area contributed by atoms with Gasteiger partial charge in [-0.25, -0.2) is 18.7 Å². The lowest BCUT2D eigenvalue weighted by molar-refractivity contribution is -0.118. The van der Waals surface area contributed by atoms with E-state index in [1.54, 1.807) is 26.8 Å². The minimum atomic E-state index is -2.38. The number of fused-ring (bicyclic) bond motifs is 1. The number of hydrogen-bond donors (Lipinski definition) is 3. The number of benzene rings is 3. The number of aryl methyl sites for hydroxylation is 2. The summed E-state index contributed by atoms with van der Waals surface area (Å²) >= 11 is 10.2. The Hall–Kier alpha value is -4.76. The van der Waals surface area contributed by atoms with Crippen LogP contribution in [0.1, 0.15) is 40.5 Å². The van der Waals surface area contributed by atoms with E-state index < -0.39 is 34.7 Å². The van der Waals surface area contributed by atoms with Crippen molar-refractivity contribution in [2.75, 3.05) is 23.8 Å². The van der Waals surface area contributed by atoms with Gasteiger partial charge < -0.3 is 14.8 Å². The molecule has 3 N–H and O–H groups in total. The summed E-state index contributed by atoms with van der Waals surface area (Å²) in [4.78, 5) is 45.8. The molecule has 0 bridgehead atoms. The molecule has 0 saturated carbocycles. The van der Waals surface area contributed by atoms with Gasteiger partial charge in [-0.2, -0.15) is 5.10 Å². The van der Waals surface area contributed by atoms with Gasteiger partial charge in [-0.3, -0.25) is 23.4 Å². The first-order chi connectivity index (χ1) is 22.4. The van der Waals surface area contributed by atoms with E-state index in [0.29, 0.717) is 11.4 Å². The van der Waals surface area contributed by atoms with Gasteiger partial charge in [0, 0.05) is 5.69 Å². The summed E-state index contributed by atoms with van der Waals surface area (Å²) in [5.41, 5.74) is 1.69. The van der Waals surface area contributed by atoms with Gasteiger partial charge in [0.2, 0.25) is 0 Å². The van der Waals surface area contributed by atoms with Crippen LogP contribution in [0.3, 0.4) is 0 Å². The van der Waals surface area contributed by atoms with Gasteiger partial charge in [-0.1, -0.05) is 23.2 Å². The number of ether oxygens (including phenoxy) is 2. The fourth-order valence-electron chi connectivity index (χ4n) is 5.01. The molecule has 0 aliphatic heterocycles. The zero-order valence-electron chi connectivity index (χ0n) is 25.4. The Morgan fingerprint density at radius 1 is 1.04 bits per heavy atom. The lowest BCUT2D eigenvalue weighted by atomic mass is 10.1. The summed E-state index contributed by atoms with van der Waals surface area (Å²) < 4.78 is 36.3. The number of methoxy groups -OCH3 is 1. The fraction of sp³-hybridized carbons (Fsp3) is 0.194. The second kappa shape index (κ2) is 13.9. The van der Waals surface area contributed by atoms with E-state index in [2.05, 4.69) is 15.1 Å². The first kappa shape index (κ1) is 33.6. The molecule has 0 aliphatic rings. The van der Waals surface area contributed by atoms with Gasteiger partial charge >= 0.3 is 5.97 Å². The van der Waals surface area contributed by atoms with Crippen molar-refractivity contribution in [1.29, 1.82) is 0 Å². The monoisotopic (exact) mass is 698 g/mol. The van der Waals surface area contributed by atoms with Crippen LogP contribution in [0.25, 0.3) is 16.6 Å². The molecule has 0 radical (unpaired) electrons. The molecule has 13 nitrogen and oxygen atoms in total. The summed E-state index contributed by atoms with van der Waals surface area (Å²) in [6, 6.07) is 13.7. The SMILES string of the molecule is CCOC(=O)c1ccc(-n2c(C(C(=O)Nc3cc(NS(=O)O)ccc3OC)n3nc(C)cc3C)nc3cc(Cl)c(Cl)cc3c2=O)cc1. The van der Waals surface area contributed by atoms with Crippen molar-refractivity contribution in [2.24, 2.45) is 0 Å². The van der Waals surface area contributed by atoms with E-state index in [1.807, 2.05) is 0 Å². The topological polar surface area (TPSA) is 167 Å². The lowest BCUT2D eigenvalue weighted by Gasteiger charge is -2.23. The molecule has 16 heteroatoms. The Morgan fingerprint density at radius 2 is 1.74 bits per heavy atom. The molecule has 0 spiro atoms. The predicted octanol–water partition coefficient (Wildman–Crippen LogP) is 5.47. The number of anilines is 2. The molecule has 0 saturated heterocycles. The number of amides is 1. The summed E-state index contributed by atoms with van der Waals surface area (Å²) in [5, 5.41) is 7.77. The van der Waals surface area contributed by atoms with Crippen LogP contribution >= 0.6 is 23.2 Å². The first-order valence-electron chi connectivity index (χ1n) is 14.0. The highest BCUT2D eigenvalue weighted by Gasteiger charge is 2.32. The standard InChI is InChI=1S/C31H28Cl2N6O7S/c1-5-46-31(42)18-6-9-20(10-7-18)38-28(34-24-15-23(33)22(32)14-21(24)30(38)41)27(39-17(3)12-16(2)36-39)29(40)35-25-13-19(37-47(43)44)8-11-26(25)45-4/h6-15,27,37H,5H2,1-4H3,(H,35,40)(H,43,44). The van der Waals surface area contributed by atoms with Crippen molar-refractivity contribution in [2.45, 2.75) is 26.8 Å². The highest BCUT2D eigenvalue weighted by Crippen LogP contribution is 2.32. The molecule has 5 aromatic rings. The van der Waals surface area contributed by atoms with E-state index >= 15 is 0 Å². The van der Waals surface area contributed by atoms with Gasteiger partial charge in [-0.05, 0) is 81.4 Å². The van der Waals surface area contributed by atoms with Crippen molar-refractivity contribution in [3.05, 3.63) is 104 Å². The molecule has 1 amide bonds. The largest absolute Gasteiger partial charge is 0.495 e. The molecule has 2 aromatic heterocycles. The van der Waals surface area contributed by atoms with Crippen molar-refractivity contribution < 1.29 is 27.8 Å². The van der Waals surface area contributed by atoms with Crippen LogP contribution < -0.4 is 20.3 Å². The predicted molar refractivity (Wildman–Crippen MR) is 179 cm³/mol. The van der Waals surface area contributed by atoms with Gasteiger partial charge in [0.1, 0.15) is 5.75 Å². The molecule has 2 heterocycles. The van der Waals surface area contributed by atoms with Crippen LogP contribution in [0.2, 0.25) is 10.0 Å². The summed E-state index contributed by atoms with van der Waals surface area (Å²) in [5.74, 6) is -1.02.